The first-order chi connectivity index (χ1) is 9.47. The van der Waals surface area contributed by atoms with E-state index in [1.54, 1.807) is 12.1 Å². The van der Waals surface area contributed by atoms with Crippen LogP contribution in [0.5, 0.6) is 0 Å². The van der Waals surface area contributed by atoms with E-state index in [0.717, 1.165) is 10.5 Å². The first-order valence-corrected chi connectivity index (χ1v) is 6.54. The SMILES string of the molecule is Fc1cc(F)c(CNCc2cc(Br)ccc2F)cc1F. The van der Waals surface area contributed by atoms with Crippen molar-refractivity contribution in [2.24, 2.45) is 0 Å². The van der Waals surface area contributed by atoms with Gasteiger partial charge in [-0.15, -0.1) is 0 Å². The third-order valence-corrected chi connectivity index (χ3v) is 3.22. The molecule has 0 aliphatic heterocycles. The molecule has 0 atom stereocenters. The summed E-state index contributed by atoms with van der Waals surface area (Å²) in [5.74, 6) is -3.58. The molecule has 2 aromatic carbocycles. The Morgan fingerprint density at radius 2 is 1.35 bits per heavy atom. The second-order valence-corrected chi connectivity index (χ2v) is 5.11. The lowest BCUT2D eigenvalue weighted by Gasteiger charge is -2.08. The number of halogens is 5. The van der Waals surface area contributed by atoms with Crippen LogP contribution in [0.3, 0.4) is 0 Å². The lowest BCUT2D eigenvalue weighted by Crippen LogP contribution is -2.15. The Labute approximate surface area is 121 Å². The molecule has 0 aliphatic carbocycles. The zero-order chi connectivity index (χ0) is 14.7. The molecule has 0 amide bonds. The quantitative estimate of drug-likeness (QED) is 0.642. The standard InChI is InChI=1S/C14H10BrF4N/c15-10-1-2-11(16)8(3-10)6-20-7-9-4-13(18)14(19)5-12(9)17/h1-5,20H,6-7H2. The molecule has 0 aliphatic rings. The predicted molar refractivity (Wildman–Crippen MR) is 71.0 cm³/mol. The highest BCUT2D eigenvalue weighted by molar-refractivity contribution is 9.10. The highest BCUT2D eigenvalue weighted by Crippen LogP contribution is 2.16. The van der Waals surface area contributed by atoms with Crippen LogP contribution in [-0.4, -0.2) is 0 Å². The highest BCUT2D eigenvalue weighted by atomic mass is 79.9. The monoisotopic (exact) mass is 347 g/mol. The van der Waals surface area contributed by atoms with Gasteiger partial charge in [-0.2, -0.15) is 0 Å². The van der Waals surface area contributed by atoms with Crippen LogP contribution in [0.15, 0.2) is 34.8 Å². The molecule has 0 fully saturated rings. The maximum atomic E-state index is 13.4. The van der Waals surface area contributed by atoms with Crippen LogP contribution in [-0.2, 0) is 13.1 Å². The molecule has 0 unspecified atom stereocenters. The molecule has 0 aromatic heterocycles. The highest BCUT2D eigenvalue weighted by Gasteiger charge is 2.10. The smallest absolute Gasteiger partial charge is 0.161 e. The molecule has 0 bridgehead atoms. The summed E-state index contributed by atoms with van der Waals surface area (Å²) in [5, 5.41) is 2.78. The van der Waals surface area contributed by atoms with E-state index in [0.29, 0.717) is 11.6 Å². The van der Waals surface area contributed by atoms with E-state index in [-0.39, 0.29) is 18.7 Å². The van der Waals surface area contributed by atoms with Crippen LogP contribution in [0, 0.1) is 23.3 Å². The van der Waals surface area contributed by atoms with Crippen molar-refractivity contribution in [2.45, 2.75) is 13.1 Å². The maximum absolute atomic E-state index is 13.4. The van der Waals surface area contributed by atoms with Crippen molar-refractivity contribution in [1.82, 2.24) is 5.32 Å². The van der Waals surface area contributed by atoms with E-state index in [2.05, 4.69) is 21.2 Å². The van der Waals surface area contributed by atoms with E-state index < -0.39 is 23.3 Å². The van der Waals surface area contributed by atoms with E-state index >= 15 is 0 Å². The van der Waals surface area contributed by atoms with Gasteiger partial charge in [-0.05, 0) is 24.3 Å². The molecule has 0 radical (unpaired) electrons. The molecule has 20 heavy (non-hydrogen) atoms. The summed E-state index contributed by atoms with van der Waals surface area (Å²) in [5.41, 5.74) is 0.377. The Kier molecular flexibility index (Phi) is 4.77. The van der Waals surface area contributed by atoms with Crippen LogP contribution in [0.1, 0.15) is 11.1 Å². The molecule has 2 rings (SSSR count). The third kappa shape index (κ3) is 3.58. The Hall–Kier alpha value is -1.40. The van der Waals surface area contributed by atoms with Crippen LogP contribution in [0.25, 0.3) is 0 Å². The molecule has 1 nitrogen and oxygen atoms in total. The van der Waals surface area contributed by atoms with E-state index in [1.807, 2.05) is 0 Å². The second-order valence-electron chi connectivity index (χ2n) is 4.20. The number of benzene rings is 2. The van der Waals surface area contributed by atoms with Crippen molar-refractivity contribution in [3.8, 4) is 0 Å². The van der Waals surface area contributed by atoms with Gasteiger partial charge in [-0.25, -0.2) is 17.6 Å². The van der Waals surface area contributed by atoms with Crippen molar-refractivity contribution in [2.75, 3.05) is 0 Å². The summed E-state index contributed by atoms with van der Waals surface area (Å²) in [7, 11) is 0. The van der Waals surface area contributed by atoms with E-state index in [1.165, 1.54) is 6.07 Å². The van der Waals surface area contributed by atoms with Gasteiger partial charge in [-0.3, -0.25) is 0 Å². The molecule has 106 valence electrons. The molecule has 1 N–H and O–H groups in total. The number of hydrogen-bond donors (Lipinski definition) is 1. The Morgan fingerprint density at radius 1 is 0.750 bits per heavy atom. The molecule has 6 heteroatoms. The second kappa shape index (κ2) is 6.37. The summed E-state index contributed by atoms with van der Waals surface area (Å²) in [4.78, 5) is 0. The number of nitrogens with one attached hydrogen (secondary N) is 1. The molecule has 0 heterocycles. The number of rotatable bonds is 4. The minimum atomic E-state index is -1.23. The average Bonchev–Trinajstić information content (AvgIpc) is 2.39. The van der Waals surface area contributed by atoms with Crippen LogP contribution in [0.4, 0.5) is 17.6 Å². The van der Waals surface area contributed by atoms with Crippen LogP contribution in [0.2, 0.25) is 0 Å². The van der Waals surface area contributed by atoms with Crippen molar-refractivity contribution >= 4 is 15.9 Å². The first kappa shape index (κ1) is 15.0. The summed E-state index contributed by atoms with van der Waals surface area (Å²) in [6.45, 7) is 0.110. The molecule has 0 spiro atoms. The molecule has 0 saturated heterocycles. The fraction of sp³-hybridized carbons (Fsp3) is 0.143. The lowest BCUT2D eigenvalue weighted by atomic mass is 10.1. The fourth-order valence-corrected chi connectivity index (χ4v) is 2.12. The third-order valence-electron chi connectivity index (χ3n) is 2.73. The van der Waals surface area contributed by atoms with E-state index in [9.17, 15) is 17.6 Å². The zero-order valence-corrected chi connectivity index (χ0v) is 11.8. The van der Waals surface area contributed by atoms with Gasteiger partial charge < -0.3 is 5.32 Å². The minimum Gasteiger partial charge on any atom is -0.308 e. The van der Waals surface area contributed by atoms with E-state index in [4.69, 9.17) is 0 Å². The Bertz CT molecular complexity index is 631. The molecule has 0 saturated carbocycles. The maximum Gasteiger partial charge on any atom is 0.161 e. The Morgan fingerprint density at radius 3 is 2.05 bits per heavy atom. The van der Waals surface area contributed by atoms with Crippen molar-refractivity contribution < 1.29 is 17.6 Å². The van der Waals surface area contributed by atoms with Gasteiger partial charge in [0.15, 0.2) is 11.6 Å². The minimum absolute atomic E-state index is 0.0145. The largest absolute Gasteiger partial charge is 0.308 e. The van der Waals surface area contributed by atoms with Crippen molar-refractivity contribution in [3.63, 3.8) is 0 Å². The van der Waals surface area contributed by atoms with Crippen LogP contribution >= 0.6 is 15.9 Å². The van der Waals surface area contributed by atoms with Gasteiger partial charge in [0.05, 0.1) is 0 Å². The molecular formula is C14H10BrF4N. The lowest BCUT2D eigenvalue weighted by molar-refractivity contribution is 0.486. The Balaban J connectivity index is 2.03. The topological polar surface area (TPSA) is 12.0 Å². The summed E-state index contributed by atoms with van der Waals surface area (Å²) >= 11 is 3.22. The first-order valence-electron chi connectivity index (χ1n) is 5.75. The average molecular weight is 348 g/mol. The normalized spacial score (nSPS) is 10.8. The van der Waals surface area contributed by atoms with Crippen molar-refractivity contribution in [1.29, 1.82) is 0 Å². The van der Waals surface area contributed by atoms with Gasteiger partial charge in [0, 0.05) is 34.8 Å². The molecule has 2 aromatic rings. The number of hydrogen-bond acceptors (Lipinski definition) is 1. The van der Waals surface area contributed by atoms with Gasteiger partial charge in [0.25, 0.3) is 0 Å². The summed E-state index contributed by atoms with van der Waals surface area (Å²) < 4.78 is 53.3. The summed E-state index contributed by atoms with van der Waals surface area (Å²) in [6.07, 6.45) is 0. The van der Waals surface area contributed by atoms with Gasteiger partial charge in [0.2, 0.25) is 0 Å². The van der Waals surface area contributed by atoms with Crippen molar-refractivity contribution in [3.05, 3.63) is 69.2 Å². The van der Waals surface area contributed by atoms with Gasteiger partial charge >= 0.3 is 0 Å². The summed E-state index contributed by atoms with van der Waals surface area (Å²) in [6, 6.07) is 5.73. The van der Waals surface area contributed by atoms with Gasteiger partial charge in [0.1, 0.15) is 11.6 Å². The fourth-order valence-electron chi connectivity index (χ4n) is 1.71. The predicted octanol–water partition coefficient (Wildman–Crippen LogP) is 4.30. The molecular weight excluding hydrogens is 338 g/mol. The zero-order valence-electron chi connectivity index (χ0n) is 10.2. The van der Waals surface area contributed by atoms with Gasteiger partial charge in [-0.1, -0.05) is 15.9 Å². The van der Waals surface area contributed by atoms with Crippen LogP contribution < -0.4 is 5.32 Å².